The Bertz CT molecular complexity index is 1070. The maximum atomic E-state index is 13.1. The van der Waals surface area contributed by atoms with E-state index in [1.54, 1.807) is 22.9 Å². The molecule has 0 unspecified atom stereocenters. The second-order valence-corrected chi connectivity index (χ2v) is 9.18. The van der Waals surface area contributed by atoms with Crippen LogP contribution in [-0.2, 0) is 4.79 Å². The van der Waals surface area contributed by atoms with Crippen LogP contribution in [0.1, 0.15) is 0 Å². The molecule has 0 aliphatic heterocycles. The van der Waals surface area contributed by atoms with Gasteiger partial charge < -0.3 is 5.32 Å². The second kappa shape index (κ2) is 8.89. The average Bonchev–Trinajstić information content (AvgIpc) is 3.00. The first-order valence-electron chi connectivity index (χ1n) is 7.27. The van der Waals surface area contributed by atoms with Crippen molar-refractivity contribution < 1.29 is 9.18 Å². The number of halogens is 4. The van der Waals surface area contributed by atoms with Crippen LogP contribution in [-0.4, -0.2) is 21.4 Å². The molecule has 0 saturated heterocycles. The predicted octanol–water partition coefficient (Wildman–Crippen LogP) is 6.49. The van der Waals surface area contributed by atoms with Crippen molar-refractivity contribution in [3.05, 3.63) is 61.2 Å². The summed E-state index contributed by atoms with van der Waals surface area (Å²) in [6.45, 7) is 0. The molecule has 0 aliphatic rings. The number of amides is 1. The van der Waals surface area contributed by atoms with Crippen molar-refractivity contribution in [2.75, 3.05) is 11.1 Å². The lowest BCUT2D eigenvalue weighted by atomic mass is 10.3. The number of nitrogens with zero attached hydrogens (tertiary/aromatic N) is 2. The molecule has 3 aromatic rings. The Labute approximate surface area is 182 Å². The third-order valence-electron chi connectivity index (χ3n) is 3.21. The van der Waals surface area contributed by atoms with Crippen molar-refractivity contribution >= 4 is 81.7 Å². The Hall–Kier alpha value is -1.16. The molecule has 27 heavy (non-hydrogen) atoms. The van der Waals surface area contributed by atoms with E-state index >= 15 is 0 Å². The quantitative estimate of drug-likeness (QED) is 0.335. The van der Waals surface area contributed by atoms with E-state index in [1.807, 2.05) is 0 Å². The number of anilines is 1. The molecule has 0 bridgehead atoms. The van der Waals surface area contributed by atoms with Gasteiger partial charge in [0.25, 0.3) is 0 Å². The van der Waals surface area contributed by atoms with Crippen LogP contribution in [0.4, 0.5) is 10.1 Å². The van der Waals surface area contributed by atoms with E-state index in [-0.39, 0.29) is 16.7 Å². The number of carbonyl (C=O) groups excluding carboxylic acids is 1. The lowest BCUT2D eigenvalue weighted by Gasteiger charge is -2.05. The highest BCUT2D eigenvalue weighted by Crippen LogP contribution is 2.28. The lowest BCUT2D eigenvalue weighted by Crippen LogP contribution is -2.14. The zero-order valence-corrected chi connectivity index (χ0v) is 17.9. The van der Waals surface area contributed by atoms with E-state index in [1.165, 1.54) is 41.3 Å². The third-order valence-corrected chi connectivity index (χ3v) is 6.60. The van der Waals surface area contributed by atoms with E-state index in [4.69, 9.17) is 47.0 Å². The summed E-state index contributed by atoms with van der Waals surface area (Å²) in [7, 11) is 0. The number of thioether (sulfide) groups is 1. The summed E-state index contributed by atoms with van der Waals surface area (Å²) >= 11 is 25.5. The van der Waals surface area contributed by atoms with Gasteiger partial charge in [-0.3, -0.25) is 4.79 Å². The summed E-state index contributed by atoms with van der Waals surface area (Å²) in [6.07, 6.45) is 0. The van der Waals surface area contributed by atoms with Gasteiger partial charge in [-0.15, -0.1) is 5.10 Å². The van der Waals surface area contributed by atoms with Crippen molar-refractivity contribution in [3.8, 4) is 5.69 Å². The molecule has 11 heteroatoms. The first-order chi connectivity index (χ1) is 12.8. The maximum Gasteiger partial charge on any atom is 0.234 e. The number of carbonyl (C=O) groups is 1. The summed E-state index contributed by atoms with van der Waals surface area (Å²) in [4.78, 5) is 12.1. The van der Waals surface area contributed by atoms with Gasteiger partial charge in [0, 0.05) is 5.69 Å². The Morgan fingerprint density at radius 2 is 1.96 bits per heavy atom. The minimum absolute atomic E-state index is 0.0567. The van der Waals surface area contributed by atoms with Gasteiger partial charge in [0.15, 0.2) is 8.29 Å². The highest BCUT2D eigenvalue weighted by atomic mass is 35.5. The maximum absolute atomic E-state index is 13.1. The fourth-order valence-corrected chi connectivity index (χ4v) is 4.63. The molecule has 1 aromatic heterocycles. The fraction of sp³-hybridized carbons (Fsp3) is 0.0625. The van der Waals surface area contributed by atoms with Crippen LogP contribution in [0, 0.1) is 9.77 Å². The van der Waals surface area contributed by atoms with Gasteiger partial charge in [0.05, 0.1) is 26.5 Å². The van der Waals surface area contributed by atoms with Crippen LogP contribution in [0.2, 0.25) is 15.1 Å². The standard InChI is InChI=1S/C16H9Cl3FN3OS3/c17-10-3-2-9(6-11(10)18)23-16(25)27-15(22-23)26-7-14(24)21-8-1-4-13(20)12(19)5-8/h1-6H,7H2,(H,21,24). The van der Waals surface area contributed by atoms with E-state index in [2.05, 4.69) is 10.4 Å². The van der Waals surface area contributed by atoms with Gasteiger partial charge in [-0.1, -0.05) is 57.9 Å². The van der Waals surface area contributed by atoms with E-state index in [0.29, 0.717) is 29.7 Å². The van der Waals surface area contributed by atoms with Crippen molar-refractivity contribution in [2.24, 2.45) is 0 Å². The van der Waals surface area contributed by atoms with Crippen LogP contribution in [0.5, 0.6) is 0 Å². The lowest BCUT2D eigenvalue weighted by molar-refractivity contribution is -0.113. The zero-order chi connectivity index (χ0) is 19.6. The molecular formula is C16H9Cl3FN3OS3. The minimum Gasteiger partial charge on any atom is -0.325 e. The molecule has 140 valence electrons. The average molecular weight is 481 g/mol. The minimum atomic E-state index is -0.545. The van der Waals surface area contributed by atoms with Gasteiger partial charge in [-0.05, 0) is 48.6 Å². The molecule has 3 rings (SSSR count). The van der Waals surface area contributed by atoms with Gasteiger partial charge in [0.1, 0.15) is 5.82 Å². The Morgan fingerprint density at radius 1 is 1.19 bits per heavy atom. The van der Waals surface area contributed by atoms with Crippen LogP contribution in [0.15, 0.2) is 40.7 Å². The molecule has 0 saturated carbocycles. The molecule has 0 radical (unpaired) electrons. The summed E-state index contributed by atoms with van der Waals surface area (Å²) < 4.78 is 15.8. The Kier molecular flexibility index (Phi) is 6.78. The first-order valence-corrected chi connectivity index (χ1v) is 10.6. The van der Waals surface area contributed by atoms with Crippen molar-refractivity contribution in [1.82, 2.24) is 9.78 Å². The molecule has 0 atom stereocenters. The van der Waals surface area contributed by atoms with Gasteiger partial charge in [0.2, 0.25) is 5.91 Å². The number of hydrogen-bond acceptors (Lipinski definition) is 5. The first kappa shape index (κ1) is 20.6. The van der Waals surface area contributed by atoms with Crippen molar-refractivity contribution in [1.29, 1.82) is 0 Å². The largest absolute Gasteiger partial charge is 0.325 e. The van der Waals surface area contributed by atoms with E-state index < -0.39 is 5.82 Å². The number of hydrogen-bond donors (Lipinski definition) is 1. The molecule has 1 amide bonds. The number of aromatic nitrogens is 2. The van der Waals surface area contributed by atoms with Crippen LogP contribution in [0.3, 0.4) is 0 Å². The molecule has 1 heterocycles. The summed E-state index contributed by atoms with van der Waals surface area (Å²) in [5.41, 5.74) is 1.10. The molecular weight excluding hydrogens is 472 g/mol. The van der Waals surface area contributed by atoms with Crippen molar-refractivity contribution in [2.45, 2.75) is 4.34 Å². The fourth-order valence-electron chi connectivity index (χ4n) is 2.00. The zero-order valence-electron chi connectivity index (χ0n) is 13.2. The molecule has 0 fully saturated rings. The summed E-state index contributed by atoms with van der Waals surface area (Å²) in [6, 6.07) is 9.06. The van der Waals surface area contributed by atoms with Gasteiger partial charge in [-0.25, -0.2) is 9.07 Å². The van der Waals surface area contributed by atoms with Crippen LogP contribution < -0.4 is 5.32 Å². The molecule has 4 nitrogen and oxygen atoms in total. The highest BCUT2D eigenvalue weighted by molar-refractivity contribution is 8.01. The molecule has 0 spiro atoms. The summed E-state index contributed by atoms with van der Waals surface area (Å²) in [5.74, 6) is -0.708. The topological polar surface area (TPSA) is 46.9 Å². The number of benzene rings is 2. The van der Waals surface area contributed by atoms with E-state index in [9.17, 15) is 9.18 Å². The third kappa shape index (κ3) is 5.22. The molecule has 2 aromatic carbocycles. The Balaban J connectivity index is 1.66. The monoisotopic (exact) mass is 479 g/mol. The Morgan fingerprint density at radius 3 is 2.67 bits per heavy atom. The highest BCUT2D eigenvalue weighted by Gasteiger charge is 2.11. The number of rotatable bonds is 5. The van der Waals surface area contributed by atoms with Crippen LogP contribution in [0.25, 0.3) is 5.69 Å². The van der Waals surface area contributed by atoms with Gasteiger partial charge in [-0.2, -0.15) is 0 Å². The predicted molar refractivity (Wildman–Crippen MR) is 113 cm³/mol. The van der Waals surface area contributed by atoms with Crippen molar-refractivity contribution in [3.63, 3.8) is 0 Å². The smallest absolute Gasteiger partial charge is 0.234 e. The molecule has 0 aliphatic carbocycles. The normalized spacial score (nSPS) is 10.8. The van der Waals surface area contributed by atoms with Gasteiger partial charge >= 0.3 is 0 Å². The number of nitrogens with one attached hydrogen (secondary N) is 1. The molecule has 1 N–H and O–H groups in total. The second-order valence-electron chi connectivity index (χ2n) is 5.11. The van der Waals surface area contributed by atoms with E-state index in [0.717, 1.165) is 0 Å². The SMILES string of the molecule is O=C(CSc1nn(-c2ccc(Cl)c(Cl)c2)c(=S)s1)Nc1ccc(F)c(Cl)c1. The van der Waals surface area contributed by atoms with Crippen LogP contribution >= 0.6 is 70.1 Å². The summed E-state index contributed by atoms with van der Waals surface area (Å²) in [5, 5.41) is 7.83.